The summed E-state index contributed by atoms with van der Waals surface area (Å²) in [5, 5.41) is 5.99. The van der Waals surface area contributed by atoms with Gasteiger partial charge in [-0.3, -0.25) is 9.59 Å². The predicted molar refractivity (Wildman–Crippen MR) is 155 cm³/mol. The monoisotopic (exact) mass is 531 g/mol. The fraction of sp³-hybridized carbons (Fsp3) is 0.710. The van der Waals surface area contributed by atoms with Crippen LogP contribution in [0.15, 0.2) is 18.2 Å². The third-order valence-electron chi connectivity index (χ3n) is 6.95. The number of benzene rings is 1. The molecular weight excluding hydrogens is 478 g/mol. The molecule has 0 heterocycles. The molecule has 0 aliphatic carbocycles. The maximum absolute atomic E-state index is 14.3. The van der Waals surface area contributed by atoms with Gasteiger partial charge in [-0.25, -0.2) is 4.79 Å². The van der Waals surface area contributed by atoms with E-state index in [0.717, 1.165) is 48.8 Å². The van der Waals surface area contributed by atoms with Gasteiger partial charge in [-0.15, -0.1) is 0 Å². The lowest BCUT2D eigenvalue weighted by atomic mass is 9.94. The van der Waals surface area contributed by atoms with Gasteiger partial charge in [-0.2, -0.15) is 0 Å². The van der Waals surface area contributed by atoms with Gasteiger partial charge in [-0.1, -0.05) is 71.6 Å². The Kier molecular flexibility index (Phi) is 13.9. The lowest BCUT2D eigenvalue weighted by molar-refractivity contribution is -0.143. The summed E-state index contributed by atoms with van der Waals surface area (Å²) in [5.41, 5.74) is 2.28. The zero-order valence-corrected chi connectivity index (χ0v) is 25.6. The zero-order valence-electron chi connectivity index (χ0n) is 25.6. The summed E-state index contributed by atoms with van der Waals surface area (Å²) in [6.45, 7) is 20.0. The van der Waals surface area contributed by atoms with E-state index in [1.807, 2.05) is 52.8 Å². The fourth-order valence-corrected chi connectivity index (χ4v) is 4.43. The van der Waals surface area contributed by atoms with Crippen LogP contribution in [0.3, 0.4) is 0 Å². The molecule has 0 spiro atoms. The van der Waals surface area contributed by atoms with Crippen LogP contribution in [0.2, 0.25) is 0 Å². The minimum Gasteiger partial charge on any atom is -0.444 e. The molecule has 1 rings (SSSR count). The van der Waals surface area contributed by atoms with E-state index in [1.54, 1.807) is 25.7 Å². The van der Waals surface area contributed by atoms with Gasteiger partial charge >= 0.3 is 6.09 Å². The molecular formula is C31H53N3O4. The molecule has 0 radical (unpaired) electrons. The second-order valence-electron chi connectivity index (χ2n) is 11.7. The van der Waals surface area contributed by atoms with E-state index in [1.165, 1.54) is 0 Å². The van der Waals surface area contributed by atoms with Crippen LogP contribution in [0.5, 0.6) is 0 Å². The number of amides is 3. The van der Waals surface area contributed by atoms with Gasteiger partial charge in [0, 0.05) is 12.6 Å². The van der Waals surface area contributed by atoms with Crippen LogP contribution in [0, 0.1) is 19.8 Å². The van der Waals surface area contributed by atoms with Crippen molar-refractivity contribution >= 4 is 17.9 Å². The Morgan fingerprint density at radius 1 is 0.947 bits per heavy atom. The van der Waals surface area contributed by atoms with Gasteiger partial charge in [0.1, 0.15) is 17.7 Å². The van der Waals surface area contributed by atoms with Gasteiger partial charge in [0.05, 0.1) is 0 Å². The zero-order chi connectivity index (χ0) is 29.0. The first kappa shape index (κ1) is 33.5. The largest absolute Gasteiger partial charge is 0.444 e. The molecule has 1 aromatic rings. The van der Waals surface area contributed by atoms with Crippen molar-refractivity contribution in [2.75, 3.05) is 6.54 Å². The molecule has 0 fully saturated rings. The Balaban J connectivity index is 3.58. The summed E-state index contributed by atoms with van der Waals surface area (Å²) in [6, 6.07) is 4.32. The van der Waals surface area contributed by atoms with Gasteiger partial charge in [0.25, 0.3) is 0 Å². The van der Waals surface area contributed by atoms with Crippen molar-refractivity contribution in [3.63, 3.8) is 0 Å². The second kappa shape index (κ2) is 15.7. The summed E-state index contributed by atoms with van der Waals surface area (Å²) in [4.78, 5) is 42.6. The van der Waals surface area contributed by atoms with Crippen molar-refractivity contribution in [2.24, 2.45) is 5.92 Å². The number of rotatable bonds is 14. The molecule has 7 nitrogen and oxygen atoms in total. The van der Waals surface area contributed by atoms with Gasteiger partial charge < -0.3 is 20.3 Å². The number of ether oxygens (including phenoxy) is 1. The fourth-order valence-electron chi connectivity index (χ4n) is 4.43. The minimum absolute atomic E-state index is 0.0145. The number of nitrogens with zero attached hydrogens (tertiary/aromatic N) is 1. The molecule has 38 heavy (non-hydrogen) atoms. The smallest absolute Gasteiger partial charge is 0.408 e. The normalized spacial score (nSPS) is 14.7. The molecule has 0 bridgehead atoms. The standard InChI is InChI=1S/C31H53N3O4/c1-11-14-15-19-34(29(36)26(21(4)13-3)33-30(37)38-31(8,9)10)27(28(35)32-24(7)16-12-2)25-18-17-22(5)23(6)20-25/h17-18,20-21,24,26-27H,11-16,19H2,1-10H3,(H,32,35)(H,33,37). The van der Waals surface area contributed by atoms with Crippen molar-refractivity contribution in [3.8, 4) is 0 Å². The highest BCUT2D eigenvalue weighted by molar-refractivity contribution is 5.92. The Bertz CT molecular complexity index is 909. The van der Waals surface area contributed by atoms with Crippen molar-refractivity contribution in [3.05, 3.63) is 34.9 Å². The van der Waals surface area contributed by atoms with Crippen molar-refractivity contribution < 1.29 is 19.1 Å². The van der Waals surface area contributed by atoms with E-state index >= 15 is 0 Å². The minimum atomic E-state index is -0.814. The van der Waals surface area contributed by atoms with Gasteiger partial charge in [0.15, 0.2) is 0 Å². The maximum atomic E-state index is 14.3. The highest BCUT2D eigenvalue weighted by Gasteiger charge is 2.38. The van der Waals surface area contributed by atoms with Gasteiger partial charge in [-0.05, 0) is 77.0 Å². The van der Waals surface area contributed by atoms with Crippen LogP contribution in [-0.4, -0.2) is 47.0 Å². The van der Waals surface area contributed by atoms with Crippen molar-refractivity contribution in [1.29, 1.82) is 0 Å². The third kappa shape index (κ3) is 10.7. The molecule has 4 unspecified atom stereocenters. The van der Waals surface area contributed by atoms with Crippen LogP contribution < -0.4 is 10.6 Å². The molecule has 1 aromatic carbocycles. The molecule has 0 aliphatic rings. The summed E-state index contributed by atoms with van der Waals surface area (Å²) in [7, 11) is 0. The molecule has 0 aliphatic heterocycles. The quantitative estimate of drug-likeness (QED) is 0.265. The molecule has 2 N–H and O–H groups in total. The van der Waals surface area contributed by atoms with E-state index in [2.05, 4.69) is 24.5 Å². The highest BCUT2D eigenvalue weighted by atomic mass is 16.6. The summed E-state index contributed by atoms with van der Waals surface area (Å²) in [6.07, 6.45) is 4.54. The Morgan fingerprint density at radius 3 is 2.13 bits per heavy atom. The molecule has 0 saturated carbocycles. The summed E-state index contributed by atoms with van der Waals surface area (Å²) in [5.74, 6) is -0.603. The van der Waals surface area contributed by atoms with E-state index < -0.39 is 23.8 Å². The lowest BCUT2D eigenvalue weighted by Gasteiger charge is -2.36. The molecule has 216 valence electrons. The van der Waals surface area contributed by atoms with Crippen LogP contribution in [0.25, 0.3) is 0 Å². The summed E-state index contributed by atoms with van der Waals surface area (Å²) < 4.78 is 5.49. The summed E-state index contributed by atoms with van der Waals surface area (Å²) >= 11 is 0. The topological polar surface area (TPSA) is 87.7 Å². The second-order valence-corrected chi connectivity index (χ2v) is 11.7. The first-order chi connectivity index (χ1) is 17.7. The first-order valence-electron chi connectivity index (χ1n) is 14.4. The Hall–Kier alpha value is -2.57. The number of nitrogens with one attached hydrogen (secondary N) is 2. The van der Waals surface area contributed by atoms with Crippen LogP contribution in [-0.2, 0) is 14.3 Å². The average molecular weight is 532 g/mol. The van der Waals surface area contributed by atoms with E-state index in [-0.39, 0.29) is 23.8 Å². The van der Waals surface area contributed by atoms with E-state index in [4.69, 9.17) is 4.74 Å². The molecule has 0 saturated heterocycles. The van der Waals surface area contributed by atoms with E-state index in [0.29, 0.717) is 13.0 Å². The number of aryl methyl sites for hydroxylation is 2. The van der Waals surface area contributed by atoms with Crippen LogP contribution >= 0.6 is 0 Å². The predicted octanol–water partition coefficient (Wildman–Crippen LogP) is 6.61. The molecule has 7 heteroatoms. The highest BCUT2D eigenvalue weighted by Crippen LogP contribution is 2.27. The van der Waals surface area contributed by atoms with Crippen molar-refractivity contribution in [1.82, 2.24) is 15.5 Å². The number of unbranched alkanes of at least 4 members (excludes halogenated alkanes) is 2. The first-order valence-corrected chi connectivity index (χ1v) is 14.4. The third-order valence-corrected chi connectivity index (χ3v) is 6.95. The van der Waals surface area contributed by atoms with Gasteiger partial charge in [0.2, 0.25) is 11.8 Å². The van der Waals surface area contributed by atoms with Crippen molar-refractivity contribution in [2.45, 2.75) is 131 Å². The Morgan fingerprint density at radius 2 is 1.61 bits per heavy atom. The number of carbonyl (C=O) groups is 3. The lowest BCUT2D eigenvalue weighted by Crippen LogP contribution is -2.55. The number of alkyl carbamates (subject to hydrolysis) is 1. The molecule has 4 atom stereocenters. The SMILES string of the molecule is CCCCCN(C(=O)C(NC(=O)OC(C)(C)C)C(C)CC)C(C(=O)NC(C)CCC)c1ccc(C)c(C)c1. The molecule has 0 aromatic heterocycles. The number of hydrogen-bond acceptors (Lipinski definition) is 4. The van der Waals surface area contributed by atoms with Crippen LogP contribution in [0.1, 0.15) is 117 Å². The Labute approximate surface area is 231 Å². The molecule has 3 amide bonds. The van der Waals surface area contributed by atoms with E-state index in [9.17, 15) is 14.4 Å². The average Bonchev–Trinajstić information content (AvgIpc) is 2.82. The van der Waals surface area contributed by atoms with Crippen LogP contribution in [0.4, 0.5) is 4.79 Å². The number of carbonyl (C=O) groups excluding carboxylic acids is 3. The number of hydrogen-bond donors (Lipinski definition) is 2. The maximum Gasteiger partial charge on any atom is 0.408 e.